The molecule has 0 saturated carbocycles. The minimum atomic E-state index is -5.39. The van der Waals surface area contributed by atoms with Crippen molar-refractivity contribution in [2.24, 2.45) is 0 Å². The third-order valence-electron chi connectivity index (χ3n) is 3.92. The summed E-state index contributed by atoms with van der Waals surface area (Å²) in [6, 6.07) is 4.82. The van der Waals surface area contributed by atoms with Crippen LogP contribution in [-0.4, -0.2) is 11.0 Å². The van der Waals surface area contributed by atoms with Crippen LogP contribution >= 0.6 is 0 Å². The zero-order valence-corrected chi connectivity index (χ0v) is 12.9. The summed E-state index contributed by atoms with van der Waals surface area (Å²) in [4.78, 5) is 0. The van der Waals surface area contributed by atoms with E-state index in [0.29, 0.717) is 18.2 Å². The van der Waals surface area contributed by atoms with E-state index in [1.807, 2.05) is 0 Å². The molecule has 142 valence electrons. The molecule has 10 heteroatoms. The van der Waals surface area contributed by atoms with Gasteiger partial charge in [-0.2, -0.15) is 22.8 Å². The highest BCUT2D eigenvalue weighted by Crippen LogP contribution is 2.60. The van der Waals surface area contributed by atoms with Crippen LogP contribution in [-0.2, 0) is 5.92 Å². The molecule has 1 atom stereocenters. The number of aliphatic hydroxyl groups is 1. The molecule has 27 heavy (non-hydrogen) atoms. The first-order chi connectivity index (χ1) is 12.8. The van der Waals surface area contributed by atoms with Crippen molar-refractivity contribution in [2.75, 3.05) is 0 Å². The summed E-state index contributed by atoms with van der Waals surface area (Å²) < 4.78 is 109. The van der Waals surface area contributed by atoms with Crippen molar-refractivity contribution < 1.29 is 41.9 Å². The standard InChI is InChI=1S/C17H8F7NO2/c18-8-3-7(6-25)4-9(5-8)27-11-2-1-10-12(13(11)15(19)20)14(26)17(23,24)16(10,21)22/h1-5,14-15,26H/t14-/m0/s1/i14D. The summed E-state index contributed by atoms with van der Waals surface area (Å²) in [6.07, 6.45) is -8.06. The first-order valence-corrected chi connectivity index (χ1v) is 7.17. The molecule has 0 unspecified atom stereocenters. The molecular weight excluding hydrogens is 383 g/mol. The Kier molecular flexibility index (Phi) is 3.99. The molecular formula is C17H8F7NO2. The van der Waals surface area contributed by atoms with Gasteiger partial charge in [0.15, 0.2) is 6.08 Å². The van der Waals surface area contributed by atoms with Crippen molar-refractivity contribution >= 4 is 0 Å². The Morgan fingerprint density at radius 1 is 1.19 bits per heavy atom. The Balaban J connectivity index is 2.23. The Hall–Kier alpha value is -2.80. The van der Waals surface area contributed by atoms with E-state index in [9.17, 15) is 35.8 Å². The van der Waals surface area contributed by atoms with Crippen LogP contribution in [0.25, 0.3) is 0 Å². The maximum Gasteiger partial charge on any atom is 0.343 e. The molecule has 2 aromatic carbocycles. The van der Waals surface area contributed by atoms with Crippen molar-refractivity contribution in [2.45, 2.75) is 24.4 Å². The highest BCUT2D eigenvalue weighted by atomic mass is 19.3. The molecule has 0 aliphatic heterocycles. The van der Waals surface area contributed by atoms with Gasteiger partial charge in [0.1, 0.15) is 17.3 Å². The number of ether oxygens (including phenoxy) is 1. The normalized spacial score (nSPS) is 22.9. The number of halogens is 7. The SMILES string of the molecule is [2H][C@]1(O)c2c(ccc(Oc3cc(F)cc(C#N)c3)c2C(F)F)C(F)(F)C1(F)F. The van der Waals surface area contributed by atoms with Gasteiger partial charge in [-0.05, 0) is 24.3 Å². The predicted octanol–water partition coefficient (Wildman–Crippen LogP) is 5.20. The lowest BCUT2D eigenvalue weighted by Crippen LogP contribution is -2.36. The number of alkyl halides is 6. The molecule has 0 radical (unpaired) electrons. The predicted molar refractivity (Wildman–Crippen MR) is 76.4 cm³/mol. The highest BCUT2D eigenvalue weighted by Gasteiger charge is 2.69. The topological polar surface area (TPSA) is 53.2 Å². The van der Waals surface area contributed by atoms with E-state index in [2.05, 4.69) is 0 Å². The third kappa shape index (κ3) is 2.78. The number of nitrogens with zero attached hydrogens (tertiary/aromatic N) is 1. The molecule has 0 bridgehead atoms. The molecule has 0 spiro atoms. The first kappa shape index (κ1) is 17.6. The quantitative estimate of drug-likeness (QED) is 0.731. The lowest BCUT2D eigenvalue weighted by atomic mass is 10.0. The van der Waals surface area contributed by atoms with Crippen LogP contribution in [0.5, 0.6) is 11.5 Å². The molecule has 1 aliphatic rings. The molecule has 1 aliphatic carbocycles. The van der Waals surface area contributed by atoms with Gasteiger partial charge in [-0.1, -0.05) is 0 Å². The Morgan fingerprint density at radius 2 is 1.85 bits per heavy atom. The molecule has 0 amide bonds. The fourth-order valence-corrected chi connectivity index (χ4v) is 2.71. The second-order valence-corrected chi connectivity index (χ2v) is 5.59. The first-order valence-electron chi connectivity index (χ1n) is 7.67. The van der Waals surface area contributed by atoms with Gasteiger partial charge in [0.25, 0.3) is 6.43 Å². The largest absolute Gasteiger partial charge is 0.457 e. The zero-order chi connectivity index (χ0) is 21.1. The maximum absolute atomic E-state index is 14.0. The molecule has 0 aromatic heterocycles. The fraction of sp³-hybridized carbons (Fsp3) is 0.235. The number of hydrogen-bond donors (Lipinski definition) is 1. The van der Waals surface area contributed by atoms with Gasteiger partial charge < -0.3 is 9.84 Å². The van der Waals surface area contributed by atoms with E-state index in [0.717, 1.165) is 12.1 Å². The summed E-state index contributed by atoms with van der Waals surface area (Å²) >= 11 is 0. The molecule has 2 aromatic rings. The Morgan fingerprint density at radius 3 is 2.44 bits per heavy atom. The van der Waals surface area contributed by atoms with Gasteiger partial charge >= 0.3 is 11.8 Å². The van der Waals surface area contributed by atoms with Gasteiger partial charge in [0, 0.05) is 17.2 Å². The van der Waals surface area contributed by atoms with Crippen molar-refractivity contribution in [3.05, 3.63) is 58.4 Å². The van der Waals surface area contributed by atoms with Crippen molar-refractivity contribution in [3.63, 3.8) is 0 Å². The number of benzene rings is 2. The van der Waals surface area contributed by atoms with E-state index < -0.39 is 58.4 Å². The molecule has 1 N–H and O–H groups in total. The number of fused-ring (bicyclic) bond motifs is 1. The van der Waals surface area contributed by atoms with Crippen LogP contribution in [0, 0.1) is 17.1 Å². The summed E-state index contributed by atoms with van der Waals surface area (Å²) in [6.45, 7) is 0. The Labute approximate surface area is 148 Å². The average molecular weight is 392 g/mol. The highest BCUT2D eigenvalue weighted by molar-refractivity contribution is 5.54. The second-order valence-electron chi connectivity index (χ2n) is 5.59. The third-order valence-corrected chi connectivity index (χ3v) is 3.92. The molecule has 0 saturated heterocycles. The molecule has 3 nitrogen and oxygen atoms in total. The van der Waals surface area contributed by atoms with Crippen LogP contribution in [0.2, 0.25) is 0 Å². The lowest BCUT2D eigenvalue weighted by Gasteiger charge is -2.21. The zero-order valence-electron chi connectivity index (χ0n) is 13.9. The number of hydrogen-bond acceptors (Lipinski definition) is 3. The average Bonchev–Trinajstić information content (AvgIpc) is 2.69. The van der Waals surface area contributed by atoms with E-state index in [1.165, 1.54) is 0 Å². The van der Waals surface area contributed by atoms with Crippen molar-refractivity contribution in [1.82, 2.24) is 0 Å². The molecule has 3 rings (SSSR count). The van der Waals surface area contributed by atoms with Gasteiger partial charge in [-0.3, -0.25) is 0 Å². The lowest BCUT2D eigenvalue weighted by molar-refractivity contribution is -0.246. The summed E-state index contributed by atoms with van der Waals surface area (Å²) in [5.41, 5.74) is -5.15. The van der Waals surface area contributed by atoms with Crippen LogP contribution in [0.3, 0.4) is 0 Å². The summed E-state index contributed by atoms with van der Waals surface area (Å²) in [7, 11) is 0. The van der Waals surface area contributed by atoms with Crippen LogP contribution in [0.4, 0.5) is 30.7 Å². The van der Waals surface area contributed by atoms with Crippen molar-refractivity contribution in [3.8, 4) is 17.6 Å². The van der Waals surface area contributed by atoms with E-state index in [1.54, 1.807) is 6.07 Å². The van der Waals surface area contributed by atoms with Crippen LogP contribution < -0.4 is 4.74 Å². The van der Waals surface area contributed by atoms with Gasteiger partial charge in [0.05, 0.1) is 18.6 Å². The second kappa shape index (κ2) is 6.13. The smallest absolute Gasteiger partial charge is 0.343 e. The number of rotatable bonds is 3. The van der Waals surface area contributed by atoms with Crippen LogP contribution in [0.1, 0.15) is 36.1 Å². The van der Waals surface area contributed by atoms with Gasteiger partial charge in [0.2, 0.25) is 0 Å². The van der Waals surface area contributed by atoms with Gasteiger partial charge in [-0.15, -0.1) is 0 Å². The summed E-state index contributed by atoms with van der Waals surface area (Å²) in [5.74, 6) is -12.9. The minimum Gasteiger partial charge on any atom is -0.457 e. The fourth-order valence-electron chi connectivity index (χ4n) is 2.71. The van der Waals surface area contributed by atoms with Crippen LogP contribution in [0.15, 0.2) is 30.3 Å². The van der Waals surface area contributed by atoms with E-state index in [-0.39, 0.29) is 5.56 Å². The monoisotopic (exact) mass is 392 g/mol. The molecule has 0 heterocycles. The van der Waals surface area contributed by atoms with Crippen molar-refractivity contribution in [1.29, 1.82) is 5.26 Å². The van der Waals surface area contributed by atoms with E-state index >= 15 is 0 Å². The number of nitriles is 1. The summed E-state index contributed by atoms with van der Waals surface area (Å²) in [5, 5.41) is 18.5. The van der Waals surface area contributed by atoms with Gasteiger partial charge in [-0.25, -0.2) is 13.2 Å². The molecule has 0 fully saturated rings. The van der Waals surface area contributed by atoms with E-state index in [4.69, 9.17) is 11.4 Å². The maximum atomic E-state index is 14.0. The minimum absolute atomic E-state index is 0.259. The Bertz CT molecular complexity index is 1000.